The van der Waals surface area contributed by atoms with Crippen molar-refractivity contribution in [3.05, 3.63) is 70.0 Å². The van der Waals surface area contributed by atoms with E-state index in [1.807, 2.05) is 6.07 Å². The van der Waals surface area contributed by atoms with E-state index in [-0.39, 0.29) is 10.6 Å². The minimum Gasteiger partial charge on any atom is -0.300 e. The topological polar surface area (TPSA) is 34.9 Å². The lowest BCUT2D eigenvalue weighted by Gasteiger charge is -2.10. The molecule has 1 heterocycles. The number of halogens is 2. The summed E-state index contributed by atoms with van der Waals surface area (Å²) < 4.78 is 14.9. The van der Waals surface area contributed by atoms with Gasteiger partial charge in [-0.2, -0.15) is 4.98 Å². The number of hydrogen-bond acceptors (Lipinski definition) is 2. The fourth-order valence-electron chi connectivity index (χ4n) is 1.95. The average molecular weight is 275 g/mol. The zero-order valence-electron chi connectivity index (χ0n) is 9.68. The van der Waals surface area contributed by atoms with Crippen LogP contribution in [0.4, 0.5) is 4.39 Å². The second-order valence-corrected chi connectivity index (χ2v) is 4.44. The standard InChI is InChI=1S/C14H8ClFN2O/c15-11-7-9(5-6-12(11)16)18-8-17-14(19)10-3-1-2-4-13(10)18/h1-8H. The van der Waals surface area contributed by atoms with Gasteiger partial charge in [0.15, 0.2) is 0 Å². The van der Waals surface area contributed by atoms with Crippen molar-refractivity contribution in [3.63, 3.8) is 0 Å². The Labute approximate surface area is 112 Å². The highest BCUT2D eigenvalue weighted by Gasteiger charge is 2.07. The number of nitrogens with zero attached hydrogens (tertiary/aromatic N) is 2. The second kappa shape index (κ2) is 4.48. The Morgan fingerprint density at radius 3 is 2.74 bits per heavy atom. The summed E-state index contributed by atoms with van der Waals surface area (Å²) >= 11 is 5.78. The van der Waals surface area contributed by atoms with Gasteiger partial charge in [-0.1, -0.05) is 23.7 Å². The lowest BCUT2D eigenvalue weighted by molar-refractivity contribution is 0.628. The van der Waals surface area contributed by atoms with Gasteiger partial charge >= 0.3 is 0 Å². The number of aromatic nitrogens is 2. The van der Waals surface area contributed by atoms with Crippen LogP contribution >= 0.6 is 11.6 Å². The smallest absolute Gasteiger partial charge is 0.280 e. The molecule has 3 aromatic rings. The molecule has 0 bridgehead atoms. The first-order chi connectivity index (χ1) is 9.16. The zero-order valence-corrected chi connectivity index (χ0v) is 10.4. The molecule has 0 saturated heterocycles. The summed E-state index contributed by atoms with van der Waals surface area (Å²) in [4.78, 5) is 15.5. The van der Waals surface area contributed by atoms with Gasteiger partial charge in [0.25, 0.3) is 5.56 Å². The van der Waals surface area contributed by atoms with Gasteiger partial charge in [-0.25, -0.2) is 4.39 Å². The van der Waals surface area contributed by atoms with E-state index in [2.05, 4.69) is 4.98 Å². The maximum Gasteiger partial charge on any atom is 0.280 e. The molecule has 0 amide bonds. The van der Waals surface area contributed by atoms with Crippen LogP contribution in [0.3, 0.4) is 0 Å². The van der Waals surface area contributed by atoms with Gasteiger partial charge < -0.3 is 4.57 Å². The molecule has 5 heteroatoms. The van der Waals surface area contributed by atoms with E-state index < -0.39 is 5.82 Å². The summed E-state index contributed by atoms with van der Waals surface area (Å²) in [7, 11) is 0. The third kappa shape index (κ3) is 2.00. The molecule has 0 aliphatic carbocycles. The maximum atomic E-state index is 13.2. The van der Waals surface area contributed by atoms with Crippen LogP contribution in [-0.2, 0) is 0 Å². The van der Waals surface area contributed by atoms with Crippen LogP contribution in [0.15, 0.2) is 53.6 Å². The molecule has 0 atom stereocenters. The van der Waals surface area contributed by atoms with Crippen molar-refractivity contribution in [3.8, 4) is 5.69 Å². The number of hydrogen-bond donors (Lipinski definition) is 0. The summed E-state index contributed by atoms with van der Waals surface area (Å²) in [5, 5.41) is 0.533. The lowest BCUT2D eigenvalue weighted by atomic mass is 10.2. The monoisotopic (exact) mass is 274 g/mol. The lowest BCUT2D eigenvalue weighted by Crippen LogP contribution is -2.11. The van der Waals surface area contributed by atoms with E-state index in [4.69, 9.17) is 11.6 Å². The highest BCUT2D eigenvalue weighted by atomic mass is 35.5. The Kier molecular flexibility index (Phi) is 2.80. The molecule has 0 spiro atoms. The van der Waals surface area contributed by atoms with Crippen LogP contribution in [0, 0.1) is 5.82 Å². The number of para-hydroxylation sites is 1. The molecule has 0 aliphatic heterocycles. The van der Waals surface area contributed by atoms with Gasteiger partial charge in [0.05, 0.1) is 15.9 Å². The third-order valence-electron chi connectivity index (χ3n) is 2.87. The number of rotatable bonds is 1. The van der Waals surface area contributed by atoms with Crippen molar-refractivity contribution in [2.75, 3.05) is 0 Å². The van der Waals surface area contributed by atoms with Gasteiger partial charge in [0.2, 0.25) is 0 Å². The largest absolute Gasteiger partial charge is 0.300 e. The van der Waals surface area contributed by atoms with E-state index in [9.17, 15) is 9.18 Å². The molecule has 3 nitrogen and oxygen atoms in total. The number of fused-ring (bicyclic) bond motifs is 1. The van der Waals surface area contributed by atoms with E-state index >= 15 is 0 Å². The molecule has 0 saturated carbocycles. The predicted molar refractivity (Wildman–Crippen MR) is 72.3 cm³/mol. The summed E-state index contributed by atoms with van der Waals surface area (Å²) in [6, 6.07) is 11.5. The summed E-state index contributed by atoms with van der Waals surface area (Å²) in [6.45, 7) is 0. The molecule has 0 radical (unpaired) electrons. The minimum atomic E-state index is -0.483. The molecule has 3 rings (SSSR count). The van der Waals surface area contributed by atoms with Crippen molar-refractivity contribution in [1.82, 2.24) is 9.55 Å². The van der Waals surface area contributed by atoms with Crippen molar-refractivity contribution in [1.29, 1.82) is 0 Å². The van der Waals surface area contributed by atoms with Crippen LogP contribution in [0.1, 0.15) is 0 Å². The van der Waals surface area contributed by atoms with Crippen molar-refractivity contribution in [2.45, 2.75) is 0 Å². The van der Waals surface area contributed by atoms with Crippen LogP contribution in [-0.4, -0.2) is 9.55 Å². The molecule has 94 valence electrons. The molecule has 2 aromatic carbocycles. The molecule has 0 N–H and O–H groups in total. The van der Waals surface area contributed by atoms with Gasteiger partial charge in [-0.05, 0) is 30.3 Å². The van der Waals surface area contributed by atoms with E-state index in [0.29, 0.717) is 16.6 Å². The Balaban J connectivity index is 2.34. The predicted octanol–water partition coefficient (Wildman–Crippen LogP) is 3.18. The summed E-state index contributed by atoms with van der Waals surface area (Å²) in [6.07, 6.45) is 1.41. The average Bonchev–Trinajstić information content (AvgIpc) is 2.43. The maximum absolute atomic E-state index is 13.2. The molecular formula is C14H8ClFN2O. The van der Waals surface area contributed by atoms with Crippen molar-refractivity contribution < 1.29 is 4.39 Å². The van der Waals surface area contributed by atoms with Gasteiger partial charge in [0, 0.05) is 5.69 Å². The molecule has 0 fully saturated rings. The Morgan fingerprint density at radius 2 is 1.95 bits per heavy atom. The van der Waals surface area contributed by atoms with Crippen molar-refractivity contribution >= 4 is 22.5 Å². The molecule has 19 heavy (non-hydrogen) atoms. The fraction of sp³-hybridized carbons (Fsp3) is 0. The van der Waals surface area contributed by atoms with Gasteiger partial charge in [-0.3, -0.25) is 4.79 Å². The van der Waals surface area contributed by atoms with Crippen LogP contribution in [0.25, 0.3) is 16.6 Å². The van der Waals surface area contributed by atoms with Crippen LogP contribution in [0.5, 0.6) is 0 Å². The first-order valence-electron chi connectivity index (χ1n) is 5.58. The van der Waals surface area contributed by atoms with Crippen LogP contribution < -0.4 is 5.56 Å². The molecule has 0 aliphatic rings. The molecular weight excluding hydrogens is 267 g/mol. The minimum absolute atomic E-state index is 0.0280. The third-order valence-corrected chi connectivity index (χ3v) is 3.16. The Morgan fingerprint density at radius 1 is 1.16 bits per heavy atom. The van der Waals surface area contributed by atoms with Gasteiger partial charge in [-0.15, -0.1) is 0 Å². The van der Waals surface area contributed by atoms with Gasteiger partial charge in [0.1, 0.15) is 12.1 Å². The van der Waals surface area contributed by atoms with E-state index in [1.54, 1.807) is 28.8 Å². The zero-order chi connectivity index (χ0) is 13.4. The molecule has 1 aromatic heterocycles. The highest BCUT2D eigenvalue weighted by molar-refractivity contribution is 6.30. The second-order valence-electron chi connectivity index (χ2n) is 4.04. The first kappa shape index (κ1) is 11.9. The normalized spacial score (nSPS) is 10.8. The summed E-state index contributed by atoms with van der Waals surface area (Å²) in [5.74, 6) is -0.483. The van der Waals surface area contributed by atoms with E-state index in [0.717, 1.165) is 0 Å². The quantitative estimate of drug-likeness (QED) is 0.683. The highest BCUT2D eigenvalue weighted by Crippen LogP contribution is 2.21. The van der Waals surface area contributed by atoms with E-state index in [1.165, 1.54) is 18.5 Å². The fourth-order valence-corrected chi connectivity index (χ4v) is 2.12. The Hall–Kier alpha value is -2.20. The van der Waals surface area contributed by atoms with Crippen molar-refractivity contribution in [2.24, 2.45) is 0 Å². The summed E-state index contributed by atoms with van der Waals surface area (Å²) in [5.41, 5.74) is 1.06. The SMILES string of the molecule is O=c1ncn(-c2ccc(F)c(Cl)c2)c2ccccc12. The number of benzene rings is 2. The van der Waals surface area contributed by atoms with Crippen LogP contribution in [0.2, 0.25) is 5.02 Å². The first-order valence-corrected chi connectivity index (χ1v) is 5.96. The molecule has 0 unspecified atom stereocenters. The Bertz CT molecular complexity index is 829.